The fourth-order valence-corrected chi connectivity index (χ4v) is 4.44. The number of aromatic nitrogens is 3. The zero-order valence-corrected chi connectivity index (χ0v) is 11.4. The van der Waals surface area contributed by atoms with Gasteiger partial charge in [0.15, 0.2) is 5.13 Å². The molecule has 0 aromatic carbocycles. The van der Waals surface area contributed by atoms with E-state index in [4.69, 9.17) is 0 Å². The molecule has 0 saturated heterocycles. The van der Waals surface area contributed by atoms with Gasteiger partial charge in [-0.2, -0.15) is 5.10 Å². The minimum atomic E-state index is -3.58. The summed E-state index contributed by atoms with van der Waals surface area (Å²) in [6.45, 7) is 1.67. The lowest BCUT2D eigenvalue weighted by Gasteiger charge is -2.03. The van der Waals surface area contributed by atoms with Crippen LogP contribution in [0, 0.1) is 6.92 Å². The molecule has 0 radical (unpaired) electrons. The van der Waals surface area contributed by atoms with Crippen LogP contribution in [-0.2, 0) is 22.9 Å². The quantitative estimate of drug-likeness (QED) is 0.893. The molecule has 3 rings (SSSR count). The molecular formula is C10H12N4O2S2. The molecule has 1 aliphatic carbocycles. The lowest BCUT2D eigenvalue weighted by molar-refractivity contribution is 0.600. The smallest absolute Gasteiger partial charge is 0.267 e. The van der Waals surface area contributed by atoms with E-state index in [2.05, 4.69) is 19.9 Å². The minimum absolute atomic E-state index is 0.165. The van der Waals surface area contributed by atoms with Crippen molar-refractivity contribution in [2.75, 3.05) is 4.72 Å². The molecule has 0 saturated carbocycles. The van der Waals surface area contributed by atoms with E-state index in [1.165, 1.54) is 22.4 Å². The van der Waals surface area contributed by atoms with Crippen LogP contribution in [0.3, 0.4) is 0 Å². The summed E-state index contributed by atoms with van der Waals surface area (Å²) >= 11 is 1.42. The second kappa shape index (κ2) is 4.06. The molecule has 0 unspecified atom stereocenters. The minimum Gasteiger partial charge on any atom is -0.281 e. The summed E-state index contributed by atoms with van der Waals surface area (Å²) in [5, 5.41) is 6.78. The van der Waals surface area contributed by atoms with Gasteiger partial charge in [0.05, 0.1) is 17.6 Å². The van der Waals surface area contributed by atoms with Gasteiger partial charge in [-0.25, -0.2) is 13.4 Å². The van der Waals surface area contributed by atoms with Crippen LogP contribution < -0.4 is 4.72 Å². The van der Waals surface area contributed by atoms with E-state index in [-0.39, 0.29) is 4.90 Å². The molecule has 2 N–H and O–H groups in total. The maximum atomic E-state index is 12.1. The molecule has 0 fully saturated rings. The van der Waals surface area contributed by atoms with Crippen LogP contribution in [0.25, 0.3) is 0 Å². The summed E-state index contributed by atoms with van der Waals surface area (Å²) < 4.78 is 26.7. The summed E-state index contributed by atoms with van der Waals surface area (Å²) in [6.07, 6.45) is 4.36. The van der Waals surface area contributed by atoms with Crippen molar-refractivity contribution in [3.05, 3.63) is 22.5 Å². The zero-order valence-electron chi connectivity index (χ0n) is 9.73. The van der Waals surface area contributed by atoms with Gasteiger partial charge in [-0.15, -0.1) is 11.3 Å². The largest absolute Gasteiger partial charge is 0.281 e. The fraction of sp³-hybridized carbons (Fsp3) is 0.400. The van der Waals surface area contributed by atoms with Crippen molar-refractivity contribution in [1.29, 1.82) is 0 Å². The first-order valence-corrected chi connectivity index (χ1v) is 7.87. The highest BCUT2D eigenvalue weighted by atomic mass is 32.2. The standard InChI is InChI=1S/C10H12N4O2S2/c1-6-9(5-11-13-6)18(15,16)14-10-12-7-3-2-4-8(7)17-10/h5H,2-4H2,1H3,(H,11,13)(H,12,14). The Balaban J connectivity index is 1.90. The number of hydrogen-bond acceptors (Lipinski definition) is 5. The molecule has 8 heteroatoms. The number of fused-ring (bicyclic) bond motifs is 1. The number of rotatable bonds is 3. The number of hydrogen-bond donors (Lipinski definition) is 2. The first kappa shape index (κ1) is 11.7. The first-order chi connectivity index (χ1) is 8.56. The average Bonchev–Trinajstić information content (AvgIpc) is 2.91. The molecule has 18 heavy (non-hydrogen) atoms. The van der Waals surface area contributed by atoms with Crippen molar-refractivity contribution in [3.63, 3.8) is 0 Å². The number of thiazole rings is 1. The Bertz CT molecular complexity index is 665. The van der Waals surface area contributed by atoms with Crippen LogP contribution >= 0.6 is 11.3 Å². The van der Waals surface area contributed by atoms with E-state index >= 15 is 0 Å². The molecule has 2 aromatic rings. The number of anilines is 1. The van der Waals surface area contributed by atoms with E-state index in [1.807, 2.05) is 0 Å². The highest BCUT2D eigenvalue weighted by Crippen LogP contribution is 2.31. The number of aryl methyl sites for hydroxylation is 3. The Kier molecular flexibility index (Phi) is 2.63. The summed E-state index contributed by atoms with van der Waals surface area (Å²) in [7, 11) is -3.58. The van der Waals surface area contributed by atoms with Crippen molar-refractivity contribution in [3.8, 4) is 0 Å². The third-order valence-corrected chi connectivity index (χ3v) is 5.55. The summed E-state index contributed by atoms with van der Waals surface area (Å²) in [5.41, 5.74) is 1.55. The van der Waals surface area contributed by atoms with Crippen molar-refractivity contribution >= 4 is 26.5 Å². The molecule has 6 nitrogen and oxygen atoms in total. The Labute approximate surface area is 109 Å². The zero-order chi connectivity index (χ0) is 12.8. The second-order valence-electron chi connectivity index (χ2n) is 4.21. The van der Waals surface area contributed by atoms with Gasteiger partial charge in [0.1, 0.15) is 4.90 Å². The van der Waals surface area contributed by atoms with Crippen LogP contribution in [-0.4, -0.2) is 23.6 Å². The predicted octanol–water partition coefficient (Wildman–Crippen LogP) is 1.46. The van der Waals surface area contributed by atoms with Gasteiger partial charge >= 0.3 is 0 Å². The summed E-state index contributed by atoms with van der Waals surface area (Å²) in [6, 6.07) is 0. The number of sulfonamides is 1. The monoisotopic (exact) mass is 284 g/mol. The van der Waals surface area contributed by atoms with Crippen LogP contribution in [0.4, 0.5) is 5.13 Å². The molecule has 0 bridgehead atoms. The molecule has 2 heterocycles. The number of nitrogens with one attached hydrogen (secondary N) is 2. The lowest BCUT2D eigenvalue weighted by atomic mass is 10.4. The molecule has 1 aliphatic rings. The Morgan fingerprint density at radius 2 is 2.28 bits per heavy atom. The van der Waals surface area contributed by atoms with Gasteiger partial charge in [-0.3, -0.25) is 9.82 Å². The van der Waals surface area contributed by atoms with Gasteiger partial charge in [0.2, 0.25) is 0 Å². The van der Waals surface area contributed by atoms with Crippen molar-refractivity contribution < 1.29 is 8.42 Å². The van der Waals surface area contributed by atoms with Crippen LogP contribution in [0.15, 0.2) is 11.1 Å². The van der Waals surface area contributed by atoms with Crippen LogP contribution in [0.5, 0.6) is 0 Å². The van der Waals surface area contributed by atoms with Gasteiger partial charge in [-0.05, 0) is 26.2 Å². The molecule has 96 valence electrons. The number of aromatic amines is 1. The van der Waals surface area contributed by atoms with Crippen molar-refractivity contribution in [2.24, 2.45) is 0 Å². The second-order valence-corrected chi connectivity index (χ2v) is 6.94. The third kappa shape index (κ3) is 1.91. The molecule has 2 aromatic heterocycles. The fourth-order valence-electron chi connectivity index (χ4n) is 2.01. The lowest BCUT2D eigenvalue weighted by Crippen LogP contribution is -2.13. The topological polar surface area (TPSA) is 87.7 Å². The maximum absolute atomic E-state index is 12.1. The molecule has 0 atom stereocenters. The number of nitrogens with zero attached hydrogens (tertiary/aromatic N) is 2. The summed E-state index contributed by atoms with van der Waals surface area (Å²) in [4.78, 5) is 5.67. The van der Waals surface area contributed by atoms with E-state index in [1.54, 1.807) is 6.92 Å². The van der Waals surface area contributed by atoms with Crippen molar-refractivity contribution in [1.82, 2.24) is 15.2 Å². The normalized spacial score (nSPS) is 14.7. The van der Waals surface area contributed by atoms with E-state index in [0.717, 1.165) is 25.0 Å². The SMILES string of the molecule is Cc1[nH]ncc1S(=O)(=O)Nc1nc2c(s1)CCC2. The van der Waals surface area contributed by atoms with Gasteiger partial charge in [-0.1, -0.05) is 0 Å². The van der Waals surface area contributed by atoms with Gasteiger partial charge in [0, 0.05) is 4.88 Å². The Morgan fingerprint density at radius 3 is 2.94 bits per heavy atom. The van der Waals surface area contributed by atoms with Gasteiger partial charge in [0.25, 0.3) is 10.0 Å². The van der Waals surface area contributed by atoms with Gasteiger partial charge < -0.3 is 0 Å². The Morgan fingerprint density at radius 1 is 1.44 bits per heavy atom. The average molecular weight is 284 g/mol. The van der Waals surface area contributed by atoms with Crippen LogP contribution in [0.1, 0.15) is 22.7 Å². The maximum Gasteiger partial charge on any atom is 0.267 e. The molecule has 0 amide bonds. The predicted molar refractivity (Wildman–Crippen MR) is 68.3 cm³/mol. The molecule has 0 aliphatic heterocycles. The van der Waals surface area contributed by atoms with E-state index < -0.39 is 10.0 Å². The van der Waals surface area contributed by atoms with Crippen LogP contribution in [0.2, 0.25) is 0 Å². The molecular weight excluding hydrogens is 272 g/mol. The van der Waals surface area contributed by atoms with E-state index in [9.17, 15) is 8.42 Å². The molecule has 0 spiro atoms. The number of H-pyrrole nitrogens is 1. The first-order valence-electron chi connectivity index (χ1n) is 5.57. The van der Waals surface area contributed by atoms with Crippen molar-refractivity contribution in [2.45, 2.75) is 31.1 Å². The highest BCUT2D eigenvalue weighted by Gasteiger charge is 2.23. The highest BCUT2D eigenvalue weighted by molar-refractivity contribution is 7.93. The summed E-state index contributed by atoms with van der Waals surface area (Å²) in [5.74, 6) is 0. The third-order valence-electron chi connectivity index (χ3n) is 2.89. The Hall–Kier alpha value is -1.41. The van der Waals surface area contributed by atoms with E-state index in [0.29, 0.717) is 10.8 Å².